The molecule has 90 valence electrons. The third-order valence-corrected chi connectivity index (χ3v) is 2.47. The van der Waals surface area contributed by atoms with E-state index in [1.807, 2.05) is 19.9 Å². The minimum Gasteiger partial charge on any atom is -0.384 e. The average molecular weight is 223 g/mol. The van der Waals surface area contributed by atoms with Crippen LogP contribution in [0.5, 0.6) is 0 Å². The van der Waals surface area contributed by atoms with E-state index in [9.17, 15) is 0 Å². The van der Waals surface area contributed by atoms with Crippen LogP contribution >= 0.6 is 0 Å². The van der Waals surface area contributed by atoms with Crippen LogP contribution in [-0.2, 0) is 16.8 Å². The van der Waals surface area contributed by atoms with Gasteiger partial charge in [-0.05, 0) is 26.2 Å². The third-order valence-electron chi connectivity index (χ3n) is 2.47. The second-order valence-electron chi connectivity index (χ2n) is 4.92. The maximum Gasteiger partial charge on any atom is 0.162 e. The molecule has 1 heterocycles. The van der Waals surface area contributed by atoms with E-state index in [1.165, 1.54) is 0 Å². The highest BCUT2D eigenvalue weighted by Gasteiger charge is 2.24. The average Bonchev–Trinajstić information content (AvgIpc) is 2.15. The molecular formula is C12H21N3O. The van der Waals surface area contributed by atoms with E-state index in [-0.39, 0.29) is 0 Å². The summed E-state index contributed by atoms with van der Waals surface area (Å²) < 4.78 is 5.36. The summed E-state index contributed by atoms with van der Waals surface area (Å²) in [6.07, 6.45) is 0.902. The van der Waals surface area contributed by atoms with Gasteiger partial charge in [0.25, 0.3) is 0 Å². The summed E-state index contributed by atoms with van der Waals surface area (Å²) in [6, 6.07) is 1.83. The van der Waals surface area contributed by atoms with Crippen molar-refractivity contribution in [1.82, 2.24) is 9.97 Å². The molecule has 1 rings (SSSR count). The molecule has 16 heavy (non-hydrogen) atoms. The van der Waals surface area contributed by atoms with E-state index < -0.39 is 5.60 Å². The maximum absolute atomic E-state index is 5.78. The zero-order chi connectivity index (χ0) is 12.3. The second kappa shape index (κ2) is 4.78. The highest BCUT2D eigenvalue weighted by molar-refractivity contribution is 5.31. The Hall–Kier alpha value is -1.16. The van der Waals surface area contributed by atoms with Gasteiger partial charge < -0.3 is 10.5 Å². The van der Waals surface area contributed by atoms with Crippen LogP contribution in [0.3, 0.4) is 0 Å². The maximum atomic E-state index is 5.78. The molecule has 0 fully saturated rings. The number of rotatable bonds is 4. The Labute approximate surface area is 97.2 Å². The minimum atomic E-state index is -0.499. The monoisotopic (exact) mass is 223 g/mol. The van der Waals surface area contributed by atoms with E-state index in [2.05, 4.69) is 23.8 Å². The lowest BCUT2D eigenvalue weighted by Crippen LogP contribution is -2.24. The van der Waals surface area contributed by atoms with Gasteiger partial charge in [0.15, 0.2) is 5.82 Å². The van der Waals surface area contributed by atoms with Crippen molar-refractivity contribution in [3.8, 4) is 0 Å². The standard InChI is InChI=1S/C12H21N3O/c1-8(2)6-9-7-10(13)15-11(14-9)12(3,4)16-5/h7-8H,6H2,1-5H3,(H2,13,14,15). The Morgan fingerprint density at radius 1 is 1.38 bits per heavy atom. The molecule has 0 amide bonds. The first-order valence-electron chi connectivity index (χ1n) is 5.54. The van der Waals surface area contributed by atoms with E-state index >= 15 is 0 Å². The molecule has 1 aromatic rings. The molecule has 2 N–H and O–H groups in total. The fourth-order valence-corrected chi connectivity index (χ4v) is 1.40. The summed E-state index contributed by atoms with van der Waals surface area (Å²) in [5.74, 6) is 1.70. The quantitative estimate of drug-likeness (QED) is 0.849. The summed E-state index contributed by atoms with van der Waals surface area (Å²) in [5, 5.41) is 0. The van der Waals surface area contributed by atoms with Crippen LogP contribution in [0.25, 0.3) is 0 Å². The number of hydrogen-bond donors (Lipinski definition) is 1. The molecule has 0 spiro atoms. The van der Waals surface area contributed by atoms with Crippen molar-refractivity contribution in [2.24, 2.45) is 5.92 Å². The lowest BCUT2D eigenvalue weighted by molar-refractivity contribution is 0.0114. The molecule has 4 nitrogen and oxygen atoms in total. The molecule has 4 heteroatoms. The number of nitrogens with zero attached hydrogens (tertiary/aromatic N) is 2. The molecule has 0 bridgehead atoms. The number of aromatic nitrogens is 2. The fraction of sp³-hybridized carbons (Fsp3) is 0.667. The molecule has 0 atom stereocenters. The number of anilines is 1. The molecule has 0 radical (unpaired) electrons. The van der Waals surface area contributed by atoms with Crippen LogP contribution in [0.15, 0.2) is 6.07 Å². The lowest BCUT2D eigenvalue weighted by Gasteiger charge is -2.22. The molecule has 0 aliphatic carbocycles. The van der Waals surface area contributed by atoms with Gasteiger partial charge in [-0.1, -0.05) is 13.8 Å². The van der Waals surface area contributed by atoms with E-state index in [0.717, 1.165) is 12.1 Å². The molecule has 1 aromatic heterocycles. The normalized spacial score (nSPS) is 12.1. The van der Waals surface area contributed by atoms with E-state index in [0.29, 0.717) is 17.6 Å². The van der Waals surface area contributed by atoms with Crippen LogP contribution in [0, 0.1) is 5.92 Å². The predicted octanol–water partition coefficient (Wildman–Crippen LogP) is 2.14. The first-order chi connectivity index (χ1) is 7.35. The van der Waals surface area contributed by atoms with Crippen molar-refractivity contribution >= 4 is 5.82 Å². The summed E-state index contributed by atoms with van der Waals surface area (Å²) in [4.78, 5) is 8.73. The van der Waals surface area contributed by atoms with Gasteiger partial charge in [-0.15, -0.1) is 0 Å². The van der Waals surface area contributed by atoms with Crippen LogP contribution in [-0.4, -0.2) is 17.1 Å². The van der Waals surface area contributed by atoms with Gasteiger partial charge in [-0.2, -0.15) is 0 Å². The summed E-state index contributed by atoms with van der Waals surface area (Å²) in [6.45, 7) is 8.17. The Bertz CT molecular complexity index is 361. The molecule has 0 saturated heterocycles. The summed E-state index contributed by atoms with van der Waals surface area (Å²) in [5.41, 5.74) is 6.26. The van der Waals surface area contributed by atoms with Gasteiger partial charge in [0.05, 0.1) is 0 Å². The number of nitrogens with two attached hydrogens (primary N) is 1. The van der Waals surface area contributed by atoms with Crippen molar-refractivity contribution in [3.63, 3.8) is 0 Å². The molecular weight excluding hydrogens is 202 g/mol. The van der Waals surface area contributed by atoms with Crippen molar-refractivity contribution in [2.75, 3.05) is 12.8 Å². The topological polar surface area (TPSA) is 61.0 Å². The Kier molecular flexibility index (Phi) is 3.86. The number of ether oxygens (including phenoxy) is 1. The van der Waals surface area contributed by atoms with Crippen LogP contribution in [0.1, 0.15) is 39.2 Å². The number of nitrogen functional groups attached to an aromatic ring is 1. The molecule has 0 aliphatic heterocycles. The predicted molar refractivity (Wildman–Crippen MR) is 65.0 cm³/mol. The minimum absolute atomic E-state index is 0.499. The van der Waals surface area contributed by atoms with Crippen molar-refractivity contribution in [2.45, 2.75) is 39.7 Å². The highest BCUT2D eigenvalue weighted by Crippen LogP contribution is 2.21. The molecule has 0 aliphatic rings. The van der Waals surface area contributed by atoms with Crippen LogP contribution in [0.2, 0.25) is 0 Å². The van der Waals surface area contributed by atoms with Gasteiger partial charge in [-0.25, -0.2) is 9.97 Å². The highest BCUT2D eigenvalue weighted by atomic mass is 16.5. The largest absolute Gasteiger partial charge is 0.384 e. The Balaban J connectivity index is 3.07. The second-order valence-corrected chi connectivity index (χ2v) is 4.92. The lowest BCUT2D eigenvalue weighted by atomic mass is 10.1. The molecule has 0 unspecified atom stereocenters. The van der Waals surface area contributed by atoms with Gasteiger partial charge in [0, 0.05) is 18.9 Å². The SMILES string of the molecule is COC(C)(C)c1nc(N)cc(CC(C)C)n1. The Morgan fingerprint density at radius 3 is 2.50 bits per heavy atom. The summed E-state index contributed by atoms with van der Waals surface area (Å²) in [7, 11) is 1.65. The Morgan fingerprint density at radius 2 is 2.00 bits per heavy atom. The number of hydrogen-bond acceptors (Lipinski definition) is 4. The fourth-order valence-electron chi connectivity index (χ4n) is 1.40. The van der Waals surface area contributed by atoms with Crippen LogP contribution in [0.4, 0.5) is 5.82 Å². The van der Waals surface area contributed by atoms with Crippen LogP contribution < -0.4 is 5.73 Å². The third kappa shape index (κ3) is 3.17. The first-order valence-corrected chi connectivity index (χ1v) is 5.54. The zero-order valence-electron chi connectivity index (χ0n) is 10.7. The summed E-state index contributed by atoms with van der Waals surface area (Å²) >= 11 is 0. The number of methoxy groups -OCH3 is 1. The molecule has 0 aromatic carbocycles. The first kappa shape index (κ1) is 12.9. The smallest absolute Gasteiger partial charge is 0.162 e. The van der Waals surface area contributed by atoms with Gasteiger partial charge in [0.1, 0.15) is 11.4 Å². The molecule has 0 saturated carbocycles. The van der Waals surface area contributed by atoms with E-state index in [4.69, 9.17) is 10.5 Å². The van der Waals surface area contributed by atoms with Gasteiger partial charge in [-0.3, -0.25) is 0 Å². The zero-order valence-corrected chi connectivity index (χ0v) is 10.7. The van der Waals surface area contributed by atoms with Crippen molar-refractivity contribution in [1.29, 1.82) is 0 Å². The van der Waals surface area contributed by atoms with Gasteiger partial charge in [0.2, 0.25) is 0 Å². The van der Waals surface area contributed by atoms with Crippen molar-refractivity contribution in [3.05, 3.63) is 17.6 Å². The van der Waals surface area contributed by atoms with Gasteiger partial charge >= 0.3 is 0 Å². The van der Waals surface area contributed by atoms with E-state index in [1.54, 1.807) is 7.11 Å². The van der Waals surface area contributed by atoms with Crippen molar-refractivity contribution < 1.29 is 4.74 Å².